The SMILES string of the molecule is Cc1[nH]cnc1CSC[C@H](C)NC(=NCCCc1cnc[nH]1)NC#N. The van der Waals surface area contributed by atoms with E-state index in [0.29, 0.717) is 12.5 Å². The molecule has 0 saturated carbocycles. The first-order chi connectivity index (χ1) is 12.2. The summed E-state index contributed by atoms with van der Waals surface area (Å²) in [6.07, 6.45) is 8.92. The van der Waals surface area contributed by atoms with Crippen molar-refractivity contribution in [3.05, 3.63) is 35.9 Å². The van der Waals surface area contributed by atoms with E-state index >= 15 is 0 Å². The zero-order chi connectivity index (χ0) is 17.9. The Balaban J connectivity index is 1.70. The maximum atomic E-state index is 8.88. The number of rotatable bonds is 9. The van der Waals surface area contributed by atoms with Crippen LogP contribution in [0.15, 0.2) is 23.8 Å². The lowest BCUT2D eigenvalue weighted by molar-refractivity contribution is 0.718. The molecule has 0 radical (unpaired) electrons. The van der Waals surface area contributed by atoms with E-state index in [1.54, 1.807) is 24.4 Å². The third kappa shape index (κ3) is 6.89. The zero-order valence-corrected chi connectivity index (χ0v) is 15.4. The standard InChI is InChI=1S/C16H24N8S/c1-12(7-25-8-15-13(2)21-11-23-15)24-16(20-9-17)19-5-3-4-14-6-18-10-22-14/h6,10-12H,3-5,7-8H2,1-2H3,(H,18,22)(H,21,23)(H2,19,20,24)/t12-/m0/s1. The van der Waals surface area contributed by atoms with Gasteiger partial charge in [0, 0.05) is 41.7 Å². The van der Waals surface area contributed by atoms with E-state index in [0.717, 1.165) is 41.4 Å². The fraction of sp³-hybridized carbons (Fsp3) is 0.500. The number of nitriles is 1. The van der Waals surface area contributed by atoms with E-state index in [9.17, 15) is 0 Å². The van der Waals surface area contributed by atoms with Crippen LogP contribution in [0.25, 0.3) is 0 Å². The summed E-state index contributed by atoms with van der Waals surface area (Å²) >= 11 is 1.80. The van der Waals surface area contributed by atoms with Crippen molar-refractivity contribution in [3.8, 4) is 6.19 Å². The van der Waals surface area contributed by atoms with Gasteiger partial charge in [0.15, 0.2) is 6.19 Å². The Morgan fingerprint density at radius 2 is 2.32 bits per heavy atom. The summed E-state index contributed by atoms with van der Waals surface area (Å²) in [6, 6.07) is 0.191. The molecule has 1 atom stereocenters. The number of hydrogen-bond acceptors (Lipinski definition) is 5. The van der Waals surface area contributed by atoms with Crippen LogP contribution in [0, 0.1) is 18.4 Å². The minimum Gasteiger partial charge on any atom is -0.352 e. The Labute approximate surface area is 152 Å². The number of hydrogen-bond donors (Lipinski definition) is 4. The number of aromatic amines is 2. The van der Waals surface area contributed by atoms with Gasteiger partial charge in [-0.1, -0.05) is 0 Å². The fourth-order valence-electron chi connectivity index (χ4n) is 2.20. The van der Waals surface area contributed by atoms with Crippen molar-refractivity contribution in [2.24, 2.45) is 4.99 Å². The second-order valence-corrected chi connectivity index (χ2v) is 6.71. The smallest absolute Gasteiger partial charge is 0.204 e. The van der Waals surface area contributed by atoms with Gasteiger partial charge in [-0.15, -0.1) is 0 Å². The summed E-state index contributed by atoms with van der Waals surface area (Å²) in [5.74, 6) is 2.28. The molecule has 0 aliphatic heterocycles. The third-order valence-corrected chi connectivity index (χ3v) is 4.74. The Morgan fingerprint density at radius 3 is 3.00 bits per heavy atom. The number of nitrogens with one attached hydrogen (secondary N) is 4. The van der Waals surface area contributed by atoms with Crippen molar-refractivity contribution in [1.29, 1.82) is 5.26 Å². The van der Waals surface area contributed by atoms with Gasteiger partial charge in [-0.05, 0) is 26.7 Å². The van der Waals surface area contributed by atoms with Gasteiger partial charge in [0.1, 0.15) is 0 Å². The topological polar surface area (TPSA) is 118 Å². The normalized spacial score (nSPS) is 12.6. The Hall–Kier alpha value is -2.47. The minimum absolute atomic E-state index is 0.191. The lowest BCUT2D eigenvalue weighted by atomic mass is 10.2. The Morgan fingerprint density at radius 1 is 1.44 bits per heavy atom. The highest BCUT2D eigenvalue weighted by Crippen LogP contribution is 2.13. The van der Waals surface area contributed by atoms with E-state index in [1.165, 1.54) is 0 Å². The third-order valence-electron chi connectivity index (χ3n) is 3.53. The first-order valence-electron chi connectivity index (χ1n) is 8.19. The second-order valence-electron chi connectivity index (χ2n) is 5.68. The molecule has 0 saturated heterocycles. The van der Waals surface area contributed by atoms with Crippen molar-refractivity contribution in [2.75, 3.05) is 12.3 Å². The van der Waals surface area contributed by atoms with Crippen LogP contribution in [0.2, 0.25) is 0 Å². The zero-order valence-electron chi connectivity index (χ0n) is 14.5. The molecular formula is C16H24N8S. The molecule has 2 rings (SSSR count). The van der Waals surface area contributed by atoms with Gasteiger partial charge in [-0.25, -0.2) is 9.97 Å². The number of aryl methyl sites for hydroxylation is 2. The molecule has 0 bridgehead atoms. The molecular weight excluding hydrogens is 336 g/mol. The van der Waals surface area contributed by atoms with Gasteiger partial charge >= 0.3 is 0 Å². The summed E-state index contributed by atoms with van der Waals surface area (Å²) in [5, 5.41) is 14.7. The summed E-state index contributed by atoms with van der Waals surface area (Å²) < 4.78 is 0. The summed E-state index contributed by atoms with van der Waals surface area (Å²) in [7, 11) is 0. The van der Waals surface area contributed by atoms with Gasteiger partial charge in [0.25, 0.3) is 0 Å². The number of aromatic nitrogens is 4. The minimum atomic E-state index is 0.191. The van der Waals surface area contributed by atoms with Crippen molar-refractivity contribution in [1.82, 2.24) is 30.6 Å². The van der Waals surface area contributed by atoms with E-state index in [1.807, 2.05) is 19.3 Å². The molecule has 0 aliphatic carbocycles. The molecule has 0 fully saturated rings. The number of thioether (sulfide) groups is 1. The molecule has 8 nitrogen and oxygen atoms in total. The number of imidazole rings is 2. The first kappa shape index (κ1) is 18.9. The number of guanidine groups is 1. The fourth-order valence-corrected chi connectivity index (χ4v) is 3.24. The molecule has 9 heteroatoms. The molecule has 0 spiro atoms. The van der Waals surface area contributed by atoms with Crippen LogP contribution >= 0.6 is 11.8 Å². The van der Waals surface area contributed by atoms with Gasteiger partial charge in [0.2, 0.25) is 5.96 Å². The maximum Gasteiger partial charge on any atom is 0.204 e. The molecule has 2 aromatic rings. The first-order valence-corrected chi connectivity index (χ1v) is 9.34. The molecule has 25 heavy (non-hydrogen) atoms. The summed E-state index contributed by atoms with van der Waals surface area (Å²) in [4.78, 5) is 18.9. The lowest BCUT2D eigenvalue weighted by Crippen LogP contribution is -2.41. The molecule has 0 aliphatic rings. The summed E-state index contributed by atoms with van der Waals surface area (Å²) in [5.41, 5.74) is 3.29. The van der Waals surface area contributed by atoms with E-state index in [4.69, 9.17) is 5.26 Å². The van der Waals surface area contributed by atoms with Gasteiger partial charge in [-0.2, -0.15) is 17.0 Å². The number of H-pyrrole nitrogens is 2. The quantitative estimate of drug-likeness (QED) is 0.178. The predicted octanol–water partition coefficient (Wildman–Crippen LogP) is 1.71. The number of nitrogens with zero attached hydrogens (tertiary/aromatic N) is 4. The van der Waals surface area contributed by atoms with Crippen LogP contribution in [-0.2, 0) is 12.2 Å². The van der Waals surface area contributed by atoms with Crippen molar-refractivity contribution < 1.29 is 0 Å². The van der Waals surface area contributed by atoms with Crippen molar-refractivity contribution in [2.45, 2.75) is 38.5 Å². The molecule has 0 amide bonds. The average molecular weight is 360 g/mol. The highest BCUT2D eigenvalue weighted by Gasteiger charge is 2.07. The van der Waals surface area contributed by atoms with E-state index in [-0.39, 0.29) is 6.04 Å². The maximum absolute atomic E-state index is 8.88. The monoisotopic (exact) mass is 360 g/mol. The van der Waals surface area contributed by atoms with Crippen molar-refractivity contribution >= 4 is 17.7 Å². The van der Waals surface area contributed by atoms with E-state index < -0.39 is 0 Å². The van der Waals surface area contributed by atoms with Crippen LogP contribution in [0.5, 0.6) is 0 Å². The molecule has 4 N–H and O–H groups in total. The lowest BCUT2D eigenvalue weighted by Gasteiger charge is -2.15. The van der Waals surface area contributed by atoms with Crippen LogP contribution in [0.1, 0.15) is 30.4 Å². The van der Waals surface area contributed by atoms with E-state index in [2.05, 4.69) is 42.5 Å². The molecule has 0 aromatic carbocycles. The van der Waals surface area contributed by atoms with Gasteiger partial charge < -0.3 is 15.3 Å². The Kier molecular flexibility index (Phi) is 7.85. The molecule has 134 valence electrons. The number of aliphatic imine (C=N–C) groups is 1. The Bertz CT molecular complexity index is 685. The highest BCUT2D eigenvalue weighted by atomic mass is 32.2. The van der Waals surface area contributed by atoms with Gasteiger partial charge in [-0.3, -0.25) is 10.3 Å². The largest absolute Gasteiger partial charge is 0.352 e. The average Bonchev–Trinajstić information content (AvgIpc) is 3.24. The van der Waals surface area contributed by atoms with Gasteiger partial charge in [0.05, 0.1) is 18.3 Å². The molecule has 0 unspecified atom stereocenters. The van der Waals surface area contributed by atoms with Crippen molar-refractivity contribution in [3.63, 3.8) is 0 Å². The summed E-state index contributed by atoms with van der Waals surface area (Å²) in [6.45, 7) is 4.74. The van der Waals surface area contributed by atoms with Crippen LogP contribution < -0.4 is 10.6 Å². The van der Waals surface area contributed by atoms with Crippen LogP contribution in [0.4, 0.5) is 0 Å². The molecule has 2 aromatic heterocycles. The van der Waals surface area contributed by atoms with Crippen LogP contribution in [0.3, 0.4) is 0 Å². The predicted molar refractivity (Wildman–Crippen MR) is 100 cm³/mol. The molecule has 2 heterocycles. The van der Waals surface area contributed by atoms with Crippen LogP contribution in [-0.4, -0.2) is 44.2 Å². The highest BCUT2D eigenvalue weighted by molar-refractivity contribution is 7.98. The second kappa shape index (κ2) is 10.4.